The summed E-state index contributed by atoms with van der Waals surface area (Å²) in [7, 11) is 0. The van der Waals surface area contributed by atoms with Crippen LogP contribution in [0.1, 0.15) is 11.6 Å². The molecule has 18 heavy (non-hydrogen) atoms. The fourth-order valence-corrected chi connectivity index (χ4v) is 2.05. The van der Waals surface area contributed by atoms with Gasteiger partial charge in [0.2, 0.25) is 0 Å². The minimum Gasteiger partial charge on any atom is -0.366 e. The highest BCUT2D eigenvalue weighted by atomic mass is 79.9. The lowest BCUT2D eigenvalue weighted by Gasteiger charge is -2.13. The predicted octanol–water partition coefficient (Wildman–Crippen LogP) is 4.78. The summed E-state index contributed by atoms with van der Waals surface area (Å²) in [6, 6.07) is 16.8. The minimum absolute atomic E-state index is 0.412. The number of nitrogens with zero attached hydrogens (tertiary/aromatic N) is 1. The molecule has 90 valence electrons. The molecule has 0 aliphatic heterocycles. The van der Waals surface area contributed by atoms with Gasteiger partial charge in [0.15, 0.2) is 0 Å². The van der Waals surface area contributed by atoms with Gasteiger partial charge in [0, 0.05) is 15.2 Å². The number of nitrogens with one attached hydrogen (secondary N) is 1. The van der Waals surface area contributed by atoms with Crippen LogP contribution < -0.4 is 5.32 Å². The van der Waals surface area contributed by atoms with Crippen molar-refractivity contribution in [3.8, 4) is 6.07 Å². The third-order valence-corrected chi connectivity index (χ3v) is 3.23. The first-order valence-corrected chi connectivity index (χ1v) is 6.53. The van der Waals surface area contributed by atoms with Crippen molar-refractivity contribution in [2.24, 2.45) is 0 Å². The maximum atomic E-state index is 9.22. The summed E-state index contributed by atoms with van der Waals surface area (Å²) in [5.74, 6) is 0. The van der Waals surface area contributed by atoms with E-state index in [2.05, 4.69) is 27.3 Å². The van der Waals surface area contributed by atoms with E-state index in [0.717, 1.165) is 15.7 Å². The van der Waals surface area contributed by atoms with Gasteiger partial charge in [-0.25, -0.2) is 0 Å². The zero-order chi connectivity index (χ0) is 13.0. The molecule has 2 aromatic carbocycles. The molecular formula is C14H10BrClN2. The van der Waals surface area contributed by atoms with Gasteiger partial charge in [0.1, 0.15) is 6.04 Å². The van der Waals surface area contributed by atoms with Crippen molar-refractivity contribution in [2.45, 2.75) is 6.04 Å². The van der Waals surface area contributed by atoms with Gasteiger partial charge in [-0.05, 0) is 42.0 Å². The van der Waals surface area contributed by atoms with Gasteiger partial charge in [0.05, 0.1) is 6.07 Å². The molecule has 0 aliphatic rings. The fraction of sp³-hybridized carbons (Fsp3) is 0.0714. The maximum absolute atomic E-state index is 9.22. The Hall–Kier alpha value is -1.50. The number of benzene rings is 2. The lowest BCUT2D eigenvalue weighted by molar-refractivity contribution is 0.998. The second kappa shape index (κ2) is 5.90. The Labute approximate surface area is 119 Å². The molecule has 0 radical (unpaired) electrons. The van der Waals surface area contributed by atoms with E-state index in [4.69, 9.17) is 11.6 Å². The van der Waals surface area contributed by atoms with Gasteiger partial charge < -0.3 is 5.32 Å². The molecule has 0 amide bonds. The van der Waals surface area contributed by atoms with Crippen molar-refractivity contribution in [1.29, 1.82) is 5.26 Å². The highest BCUT2D eigenvalue weighted by Gasteiger charge is 2.10. The van der Waals surface area contributed by atoms with Crippen LogP contribution in [0.15, 0.2) is 53.0 Å². The average molecular weight is 322 g/mol. The number of nitriles is 1. The first kappa shape index (κ1) is 12.9. The van der Waals surface area contributed by atoms with Gasteiger partial charge >= 0.3 is 0 Å². The third-order valence-electron chi connectivity index (χ3n) is 2.47. The van der Waals surface area contributed by atoms with E-state index in [1.54, 1.807) is 12.1 Å². The number of rotatable bonds is 3. The molecule has 0 aromatic heterocycles. The van der Waals surface area contributed by atoms with Crippen LogP contribution >= 0.6 is 27.5 Å². The summed E-state index contributed by atoms with van der Waals surface area (Å²) < 4.78 is 1.00. The molecule has 2 aromatic rings. The highest BCUT2D eigenvalue weighted by molar-refractivity contribution is 9.10. The Morgan fingerprint density at radius 1 is 1.17 bits per heavy atom. The first-order chi connectivity index (χ1) is 8.69. The van der Waals surface area contributed by atoms with Crippen molar-refractivity contribution in [3.05, 3.63) is 63.6 Å². The number of anilines is 1. The number of halogens is 2. The SMILES string of the molecule is N#CC(Nc1ccc(Br)cc1)c1cccc(Cl)c1. The Bertz CT molecular complexity index is 575. The molecule has 0 bridgehead atoms. The van der Waals surface area contributed by atoms with Crippen LogP contribution in [0.4, 0.5) is 5.69 Å². The van der Waals surface area contributed by atoms with Crippen LogP contribution in [0.3, 0.4) is 0 Å². The molecule has 0 saturated carbocycles. The van der Waals surface area contributed by atoms with E-state index >= 15 is 0 Å². The van der Waals surface area contributed by atoms with Crippen molar-refractivity contribution in [3.63, 3.8) is 0 Å². The van der Waals surface area contributed by atoms with Gasteiger partial charge in [-0.15, -0.1) is 0 Å². The summed E-state index contributed by atoms with van der Waals surface area (Å²) in [5, 5.41) is 13.0. The van der Waals surface area contributed by atoms with Crippen LogP contribution in [0.5, 0.6) is 0 Å². The Kier molecular flexibility index (Phi) is 4.24. The molecule has 4 heteroatoms. The second-order valence-electron chi connectivity index (χ2n) is 3.77. The van der Waals surface area contributed by atoms with Crippen LogP contribution in [-0.4, -0.2) is 0 Å². The zero-order valence-electron chi connectivity index (χ0n) is 9.40. The lowest BCUT2D eigenvalue weighted by Crippen LogP contribution is -2.08. The van der Waals surface area contributed by atoms with Gasteiger partial charge in [0.25, 0.3) is 0 Å². The summed E-state index contributed by atoms with van der Waals surface area (Å²) in [6.07, 6.45) is 0. The molecule has 2 rings (SSSR count). The van der Waals surface area contributed by atoms with E-state index in [-0.39, 0.29) is 0 Å². The molecule has 0 heterocycles. The molecule has 0 saturated heterocycles. The van der Waals surface area contributed by atoms with E-state index in [1.807, 2.05) is 36.4 Å². The van der Waals surface area contributed by atoms with Crippen molar-refractivity contribution < 1.29 is 0 Å². The topological polar surface area (TPSA) is 35.8 Å². The molecule has 1 unspecified atom stereocenters. The van der Waals surface area contributed by atoms with Crippen LogP contribution in [-0.2, 0) is 0 Å². The molecule has 1 N–H and O–H groups in total. The Morgan fingerprint density at radius 3 is 2.50 bits per heavy atom. The second-order valence-corrected chi connectivity index (χ2v) is 5.12. The maximum Gasteiger partial charge on any atom is 0.140 e. The molecule has 0 aliphatic carbocycles. The molecule has 0 spiro atoms. The summed E-state index contributed by atoms with van der Waals surface area (Å²) in [4.78, 5) is 0. The smallest absolute Gasteiger partial charge is 0.140 e. The molecular weight excluding hydrogens is 312 g/mol. The number of hydrogen-bond acceptors (Lipinski definition) is 2. The van der Waals surface area contributed by atoms with E-state index in [0.29, 0.717) is 5.02 Å². The van der Waals surface area contributed by atoms with Gasteiger partial charge in [-0.3, -0.25) is 0 Å². The van der Waals surface area contributed by atoms with Crippen molar-refractivity contribution >= 4 is 33.2 Å². The quantitative estimate of drug-likeness (QED) is 0.883. The standard InChI is InChI=1S/C14H10BrClN2/c15-11-4-6-13(7-5-11)18-14(9-17)10-2-1-3-12(16)8-10/h1-8,14,18H. The Balaban J connectivity index is 2.20. The largest absolute Gasteiger partial charge is 0.366 e. The van der Waals surface area contributed by atoms with Gasteiger partial charge in [-0.2, -0.15) is 5.26 Å². The Morgan fingerprint density at radius 2 is 1.89 bits per heavy atom. The summed E-state index contributed by atoms with van der Waals surface area (Å²) in [5.41, 5.74) is 1.75. The molecule has 0 fully saturated rings. The summed E-state index contributed by atoms with van der Waals surface area (Å²) in [6.45, 7) is 0. The van der Waals surface area contributed by atoms with Crippen LogP contribution in [0.25, 0.3) is 0 Å². The third kappa shape index (κ3) is 3.25. The van der Waals surface area contributed by atoms with Crippen LogP contribution in [0.2, 0.25) is 5.02 Å². The van der Waals surface area contributed by atoms with Crippen molar-refractivity contribution in [1.82, 2.24) is 0 Å². The van der Waals surface area contributed by atoms with Gasteiger partial charge in [-0.1, -0.05) is 39.7 Å². The normalized spacial score (nSPS) is 11.6. The average Bonchev–Trinajstić information content (AvgIpc) is 2.38. The molecule has 1 atom stereocenters. The monoisotopic (exact) mass is 320 g/mol. The predicted molar refractivity (Wildman–Crippen MR) is 77.6 cm³/mol. The van der Waals surface area contributed by atoms with Crippen molar-refractivity contribution in [2.75, 3.05) is 5.32 Å². The lowest BCUT2D eigenvalue weighted by atomic mass is 10.1. The highest BCUT2D eigenvalue weighted by Crippen LogP contribution is 2.22. The number of hydrogen-bond donors (Lipinski definition) is 1. The summed E-state index contributed by atoms with van der Waals surface area (Å²) >= 11 is 9.30. The molecule has 2 nitrogen and oxygen atoms in total. The zero-order valence-corrected chi connectivity index (χ0v) is 11.7. The van der Waals surface area contributed by atoms with E-state index in [1.165, 1.54) is 0 Å². The minimum atomic E-state index is -0.412. The van der Waals surface area contributed by atoms with E-state index < -0.39 is 6.04 Å². The van der Waals surface area contributed by atoms with Crippen LogP contribution in [0, 0.1) is 11.3 Å². The van der Waals surface area contributed by atoms with E-state index in [9.17, 15) is 5.26 Å². The fourth-order valence-electron chi connectivity index (χ4n) is 1.59. The first-order valence-electron chi connectivity index (χ1n) is 5.36.